The normalized spacial score (nSPS) is 11.3. The van der Waals surface area contributed by atoms with Crippen molar-refractivity contribution in [2.75, 3.05) is 26.2 Å². The van der Waals surface area contributed by atoms with E-state index in [1.54, 1.807) is 0 Å². The number of nitrogens with one attached hydrogen (secondary N) is 1. The number of rotatable bonds is 8. The van der Waals surface area contributed by atoms with Crippen molar-refractivity contribution in [1.29, 1.82) is 0 Å². The van der Waals surface area contributed by atoms with Crippen LogP contribution in [0.4, 0.5) is 8.78 Å². The van der Waals surface area contributed by atoms with Gasteiger partial charge in [0.05, 0.1) is 5.02 Å². The standard InChI is InChI=1S/C14H21ClF2N2/c1-3-19(4-2)7-5-6-18-10-11-8-14(17)12(15)9-13(11)16/h8-9,18H,3-7,10H2,1-2H3. The molecule has 0 heterocycles. The van der Waals surface area contributed by atoms with Gasteiger partial charge in [0, 0.05) is 12.1 Å². The van der Waals surface area contributed by atoms with E-state index in [4.69, 9.17) is 11.6 Å². The Labute approximate surface area is 118 Å². The SMILES string of the molecule is CCN(CC)CCCNCc1cc(F)c(Cl)cc1F. The van der Waals surface area contributed by atoms with Crippen LogP contribution in [-0.2, 0) is 6.54 Å². The zero-order valence-electron chi connectivity index (χ0n) is 11.5. The molecule has 19 heavy (non-hydrogen) atoms. The van der Waals surface area contributed by atoms with E-state index in [2.05, 4.69) is 24.1 Å². The highest BCUT2D eigenvalue weighted by Crippen LogP contribution is 2.19. The second-order valence-corrected chi connectivity index (χ2v) is 4.82. The van der Waals surface area contributed by atoms with Gasteiger partial charge in [-0.1, -0.05) is 25.4 Å². The third-order valence-corrected chi connectivity index (χ3v) is 3.42. The van der Waals surface area contributed by atoms with Crippen LogP contribution in [0.2, 0.25) is 5.02 Å². The lowest BCUT2D eigenvalue weighted by Gasteiger charge is -2.17. The molecule has 0 saturated heterocycles. The van der Waals surface area contributed by atoms with Crippen LogP contribution < -0.4 is 5.32 Å². The van der Waals surface area contributed by atoms with Gasteiger partial charge in [-0.25, -0.2) is 8.78 Å². The first-order valence-electron chi connectivity index (χ1n) is 6.65. The quantitative estimate of drug-likeness (QED) is 0.583. The fourth-order valence-corrected chi connectivity index (χ4v) is 2.04. The van der Waals surface area contributed by atoms with E-state index in [-0.39, 0.29) is 5.02 Å². The molecule has 5 heteroatoms. The van der Waals surface area contributed by atoms with Gasteiger partial charge in [-0.15, -0.1) is 0 Å². The summed E-state index contributed by atoms with van der Waals surface area (Å²) in [6, 6.07) is 2.17. The van der Waals surface area contributed by atoms with Crippen molar-refractivity contribution in [2.45, 2.75) is 26.8 Å². The molecule has 1 N–H and O–H groups in total. The third kappa shape index (κ3) is 5.43. The summed E-state index contributed by atoms with van der Waals surface area (Å²) in [5, 5.41) is 2.94. The lowest BCUT2D eigenvalue weighted by molar-refractivity contribution is 0.298. The van der Waals surface area contributed by atoms with Crippen LogP contribution in [0.1, 0.15) is 25.8 Å². The molecule has 1 rings (SSSR count). The lowest BCUT2D eigenvalue weighted by Crippen LogP contribution is -2.27. The fourth-order valence-electron chi connectivity index (χ4n) is 1.89. The molecule has 1 aromatic rings. The van der Waals surface area contributed by atoms with Gasteiger partial charge in [0.25, 0.3) is 0 Å². The van der Waals surface area contributed by atoms with E-state index in [1.807, 2.05) is 0 Å². The molecule has 0 saturated carbocycles. The topological polar surface area (TPSA) is 15.3 Å². The molecule has 0 spiro atoms. The molecule has 0 aliphatic carbocycles. The van der Waals surface area contributed by atoms with Crippen LogP contribution >= 0.6 is 11.6 Å². The smallest absolute Gasteiger partial charge is 0.142 e. The van der Waals surface area contributed by atoms with E-state index in [0.717, 1.165) is 44.7 Å². The van der Waals surface area contributed by atoms with E-state index in [1.165, 1.54) is 0 Å². The van der Waals surface area contributed by atoms with E-state index >= 15 is 0 Å². The van der Waals surface area contributed by atoms with Crippen molar-refractivity contribution in [3.05, 3.63) is 34.4 Å². The minimum atomic E-state index is -0.581. The highest BCUT2D eigenvalue weighted by atomic mass is 35.5. The Hall–Kier alpha value is -0.710. The van der Waals surface area contributed by atoms with Crippen LogP contribution in [0.15, 0.2) is 12.1 Å². The highest BCUT2D eigenvalue weighted by Gasteiger charge is 2.08. The van der Waals surface area contributed by atoms with Gasteiger partial charge in [0.1, 0.15) is 11.6 Å². The molecule has 0 aromatic heterocycles. The van der Waals surface area contributed by atoms with Crippen LogP contribution in [0.3, 0.4) is 0 Å². The van der Waals surface area contributed by atoms with Gasteiger partial charge >= 0.3 is 0 Å². The maximum absolute atomic E-state index is 13.5. The van der Waals surface area contributed by atoms with Crippen molar-refractivity contribution in [3.8, 4) is 0 Å². The molecule has 0 amide bonds. The summed E-state index contributed by atoms with van der Waals surface area (Å²) in [6.07, 6.45) is 0.985. The van der Waals surface area contributed by atoms with Gasteiger partial charge in [0.15, 0.2) is 0 Å². The maximum Gasteiger partial charge on any atom is 0.142 e. The van der Waals surface area contributed by atoms with Gasteiger partial charge < -0.3 is 10.2 Å². The Bertz CT molecular complexity index is 395. The number of halogens is 3. The minimum absolute atomic E-state index is 0.178. The molecule has 108 valence electrons. The Morgan fingerprint density at radius 2 is 1.84 bits per heavy atom. The Balaban J connectivity index is 2.32. The summed E-state index contributed by atoms with van der Waals surface area (Å²) in [5.41, 5.74) is 0.310. The third-order valence-electron chi connectivity index (χ3n) is 3.13. The molecule has 0 fully saturated rings. The molecular formula is C14H21ClF2N2. The van der Waals surface area contributed by atoms with Crippen molar-refractivity contribution in [1.82, 2.24) is 10.2 Å². The van der Waals surface area contributed by atoms with Gasteiger partial charge in [-0.05, 0) is 44.7 Å². The summed E-state index contributed by atoms with van der Waals surface area (Å²) in [4.78, 5) is 2.32. The molecule has 1 aromatic carbocycles. The first-order chi connectivity index (χ1) is 9.08. The average molecular weight is 291 g/mol. The van der Waals surface area contributed by atoms with Crippen LogP contribution in [0.25, 0.3) is 0 Å². The fraction of sp³-hybridized carbons (Fsp3) is 0.571. The largest absolute Gasteiger partial charge is 0.313 e. The summed E-state index contributed by atoms with van der Waals surface area (Å²) in [7, 11) is 0. The molecule has 0 radical (unpaired) electrons. The molecule has 0 aliphatic rings. The van der Waals surface area contributed by atoms with Crippen molar-refractivity contribution < 1.29 is 8.78 Å². The predicted octanol–water partition coefficient (Wildman–Crippen LogP) is 3.44. The van der Waals surface area contributed by atoms with E-state index < -0.39 is 11.6 Å². The Morgan fingerprint density at radius 1 is 1.16 bits per heavy atom. The summed E-state index contributed by atoms with van der Waals surface area (Å²) in [5.74, 6) is -1.05. The molecule has 0 bridgehead atoms. The van der Waals surface area contributed by atoms with E-state index in [0.29, 0.717) is 12.1 Å². The Morgan fingerprint density at radius 3 is 2.47 bits per heavy atom. The first-order valence-corrected chi connectivity index (χ1v) is 7.02. The molecule has 2 nitrogen and oxygen atoms in total. The summed E-state index contributed by atoms with van der Waals surface area (Å²) >= 11 is 5.50. The van der Waals surface area contributed by atoms with Crippen LogP contribution in [0.5, 0.6) is 0 Å². The monoisotopic (exact) mass is 290 g/mol. The zero-order valence-corrected chi connectivity index (χ0v) is 12.2. The second-order valence-electron chi connectivity index (χ2n) is 4.41. The molecule has 0 atom stereocenters. The van der Waals surface area contributed by atoms with Crippen molar-refractivity contribution >= 4 is 11.6 Å². The number of hydrogen-bond donors (Lipinski definition) is 1. The van der Waals surface area contributed by atoms with Gasteiger partial charge in [0.2, 0.25) is 0 Å². The predicted molar refractivity (Wildman–Crippen MR) is 75.5 cm³/mol. The number of hydrogen-bond acceptors (Lipinski definition) is 2. The maximum atomic E-state index is 13.5. The Kier molecular flexibility index (Phi) is 7.28. The van der Waals surface area contributed by atoms with E-state index in [9.17, 15) is 8.78 Å². The highest BCUT2D eigenvalue weighted by molar-refractivity contribution is 6.30. The molecule has 0 aliphatic heterocycles. The van der Waals surface area contributed by atoms with Crippen LogP contribution in [0, 0.1) is 11.6 Å². The molecule has 0 unspecified atom stereocenters. The molecular weight excluding hydrogens is 270 g/mol. The summed E-state index contributed by atoms with van der Waals surface area (Å²) < 4.78 is 26.7. The number of nitrogens with zero attached hydrogens (tertiary/aromatic N) is 1. The minimum Gasteiger partial charge on any atom is -0.313 e. The van der Waals surface area contributed by atoms with Crippen molar-refractivity contribution in [3.63, 3.8) is 0 Å². The van der Waals surface area contributed by atoms with Gasteiger partial charge in [-0.2, -0.15) is 0 Å². The average Bonchev–Trinajstić information content (AvgIpc) is 2.39. The van der Waals surface area contributed by atoms with Gasteiger partial charge in [-0.3, -0.25) is 0 Å². The zero-order chi connectivity index (χ0) is 14.3. The van der Waals surface area contributed by atoms with Crippen LogP contribution in [-0.4, -0.2) is 31.1 Å². The lowest BCUT2D eigenvalue weighted by atomic mass is 10.2. The second kappa shape index (κ2) is 8.46. The number of benzene rings is 1. The van der Waals surface area contributed by atoms with Crippen molar-refractivity contribution in [2.24, 2.45) is 0 Å². The first kappa shape index (κ1) is 16.3. The summed E-state index contributed by atoms with van der Waals surface area (Å²) in [6.45, 7) is 8.43.